The van der Waals surface area contributed by atoms with Gasteiger partial charge in [-0.3, -0.25) is 14.9 Å². The van der Waals surface area contributed by atoms with Gasteiger partial charge in [0.25, 0.3) is 11.8 Å². The number of carbonyl (C=O) groups excluding carboxylic acids is 3. The van der Waals surface area contributed by atoms with Crippen LogP contribution in [-0.2, 0) is 16.2 Å². The van der Waals surface area contributed by atoms with E-state index in [-0.39, 0.29) is 17.9 Å². The predicted octanol–water partition coefficient (Wildman–Crippen LogP) is 5.53. The molecule has 1 aliphatic heterocycles. The third kappa shape index (κ3) is 4.46. The number of hydrogen-bond acceptors (Lipinski definition) is 4. The number of nitrogens with one attached hydrogen (secondary N) is 1. The first-order valence-electron chi connectivity index (χ1n) is 11.3. The number of fused-ring (bicyclic) bond motifs is 1. The van der Waals surface area contributed by atoms with Crippen molar-refractivity contribution in [2.24, 2.45) is 0 Å². The van der Waals surface area contributed by atoms with Gasteiger partial charge in [0.2, 0.25) is 0 Å². The second-order valence-corrected chi connectivity index (χ2v) is 8.41. The van der Waals surface area contributed by atoms with Crippen molar-refractivity contribution in [3.63, 3.8) is 0 Å². The van der Waals surface area contributed by atoms with Crippen LogP contribution in [-0.4, -0.2) is 17.8 Å². The van der Waals surface area contributed by atoms with E-state index in [1.54, 1.807) is 6.07 Å². The molecule has 1 saturated heterocycles. The largest absolute Gasteiger partial charge is 0.488 e. The summed E-state index contributed by atoms with van der Waals surface area (Å²) in [6.07, 6.45) is 1.44. The predicted molar refractivity (Wildman–Crippen MR) is 135 cm³/mol. The lowest BCUT2D eigenvalue weighted by molar-refractivity contribution is -0.122. The van der Waals surface area contributed by atoms with E-state index in [1.165, 1.54) is 18.2 Å². The van der Waals surface area contributed by atoms with Crippen molar-refractivity contribution >= 4 is 40.4 Å². The van der Waals surface area contributed by atoms with E-state index < -0.39 is 23.7 Å². The highest BCUT2D eigenvalue weighted by molar-refractivity contribution is 6.39. The van der Waals surface area contributed by atoms with Crippen LogP contribution in [0.2, 0.25) is 0 Å². The van der Waals surface area contributed by atoms with E-state index in [0.29, 0.717) is 11.3 Å². The molecule has 1 N–H and O–H groups in total. The SMILES string of the molecule is Cc1cccc(COc2ccc3ccccc3c2/C=C2\C(=O)NC(=O)N(c3ccc(F)cc3)C2=O)c1. The first-order chi connectivity index (χ1) is 17.4. The van der Waals surface area contributed by atoms with Crippen LogP contribution < -0.4 is 15.0 Å². The summed E-state index contributed by atoms with van der Waals surface area (Å²) in [5.74, 6) is -1.66. The summed E-state index contributed by atoms with van der Waals surface area (Å²) in [6, 6.07) is 23.1. The zero-order chi connectivity index (χ0) is 25.2. The highest BCUT2D eigenvalue weighted by Gasteiger charge is 2.37. The average molecular weight is 480 g/mol. The molecule has 4 aromatic carbocycles. The van der Waals surface area contributed by atoms with Crippen molar-refractivity contribution in [3.8, 4) is 5.75 Å². The van der Waals surface area contributed by atoms with Crippen LogP contribution in [0.1, 0.15) is 16.7 Å². The van der Waals surface area contributed by atoms with Crippen molar-refractivity contribution in [2.75, 3.05) is 4.90 Å². The van der Waals surface area contributed by atoms with Crippen LogP contribution in [0, 0.1) is 12.7 Å². The Hall–Kier alpha value is -4.78. The van der Waals surface area contributed by atoms with Crippen LogP contribution in [0.5, 0.6) is 5.75 Å². The van der Waals surface area contributed by atoms with Crippen molar-refractivity contribution < 1.29 is 23.5 Å². The Morgan fingerprint density at radius 1 is 0.917 bits per heavy atom. The molecule has 178 valence electrons. The Labute approximate surface area is 206 Å². The molecule has 0 aliphatic carbocycles. The molecule has 1 aliphatic rings. The van der Waals surface area contributed by atoms with Crippen LogP contribution in [0.3, 0.4) is 0 Å². The fourth-order valence-corrected chi connectivity index (χ4v) is 4.14. The summed E-state index contributed by atoms with van der Waals surface area (Å²) in [7, 11) is 0. The van der Waals surface area contributed by atoms with Gasteiger partial charge in [-0.2, -0.15) is 0 Å². The molecule has 0 bridgehead atoms. The van der Waals surface area contributed by atoms with Crippen molar-refractivity contribution in [1.29, 1.82) is 0 Å². The molecule has 0 spiro atoms. The molecule has 0 aromatic heterocycles. The Bertz CT molecular complexity index is 1540. The average Bonchev–Trinajstić information content (AvgIpc) is 2.86. The zero-order valence-electron chi connectivity index (χ0n) is 19.3. The maximum Gasteiger partial charge on any atom is 0.335 e. The number of ether oxygens (including phenoxy) is 1. The van der Waals surface area contributed by atoms with Gasteiger partial charge >= 0.3 is 6.03 Å². The number of halogens is 1. The maximum atomic E-state index is 13.4. The molecule has 36 heavy (non-hydrogen) atoms. The Kier molecular flexibility index (Phi) is 6.04. The second kappa shape index (κ2) is 9.46. The minimum atomic E-state index is -0.900. The van der Waals surface area contributed by atoms with Gasteiger partial charge in [0.05, 0.1) is 5.69 Å². The standard InChI is InChI=1S/C29H21FN2O4/c1-18-5-4-6-19(15-18)17-36-26-14-9-20-7-2-3-8-23(20)24(26)16-25-27(33)31-29(35)32(28(25)34)22-12-10-21(30)11-13-22/h2-16H,17H2,1H3,(H,31,33,35)/b25-16+. The Morgan fingerprint density at radius 2 is 1.69 bits per heavy atom. The normalized spacial score (nSPS) is 14.9. The number of amides is 4. The number of imide groups is 2. The summed E-state index contributed by atoms with van der Waals surface area (Å²) >= 11 is 0. The molecule has 0 atom stereocenters. The van der Waals surface area contributed by atoms with Crippen LogP contribution in [0.25, 0.3) is 16.8 Å². The lowest BCUT2D eigenvalue weighted by Gasteiger charge is -2.26. The van der Waals surface area contributed by atoms with Crippen LogP contribution in [0.4, 0.5) is 14.9 Å². The van der Waals surface area contributed by atoms with E-state index in [2.05, 4.69) is 5.32 Å². The Morgan fingerprint density at radius 3 is 2.47 bits per heavy atom. The van der Waals surface area contributed by atoms with Gasteiger partial charge in [0.15, 0.2) is 0 Å². The first-order valence-corrected chi connectivity index (χ1v) is 11.3. The Balaban J connectivity index is 1.58. The number of urea groups is 1. The summed E-state index contributed by atoms with van der Waals surface area (Å²) in [5, 5.41) is 3.87. The fraction of sp³-hybridized carbons (Fsp3) is 0.0690. The highest BCUT2D eigenvalue weighted by Crippen LogP contribution is 2.32. The summed E-state index contributed by atoms with van der Waals surface area (Å²) < 4.78 is 19.5. The number of carbonyl (C=O) groups is 3. The number of benzene rings is 4. The molecule has 1 fully saturated rings. The third-order valence-corrected chi connectivity index (χ3v) is 5.88. The number of anilines is 1. The zero-order valence-corrected chi connectivity index (χ0v) is 19.3. The molecule has 4 aromatic rings. The molecule has 5 rings (SSSR count). The summed E-state index contributed by atoms with van der Waals surface area (Å²) in [4.78, 5) is 39.4. The summed E-state index contributed by atoms with van der Waals surface area (Å²) in [6.45, 7) is 2.29. The van der Waals surface area contributed by atoms with Crippen molar-refractivity contribution in [3.05, 3.63) is 113 Å². The van der Waals surface area contributed by atoms with Gasteiger partial charge < -0.3 is 4.74 Å². The lowest BCUT2D eigenvalue weighted by Crippen LogP contribution is -2.54. The van der Waals surface area contributed by atoms with E-state index >= 15 is 0 Å². The van der Waals surface area contributed by atoms with Crippen LogP contribution in [0.15, 0.2) is 90.5 Å². The number of rotatable bonds is 5. The molecular formula is C29H21FN2O4. The van der Waals surface area contributed by atoms with E-state index in [9.17, 15) is 18.8 Å². The van der Waals surface area contributed by atoms with Gasteiger partial charge in [0.1, 0.15) is 23.7 Å². The van der Waals surface area contributed by atoms with Gasteiger partial charge in [-0.1, -0.05) is 60.2 Å². The van der Waals surface area contributed by atoms with Gasteiger partial charge in [0, 0.05) is 5.56 Å². The molecule has 0 saturated carbocycles. The minimum Gasteiger partial charge on any atom is -0.488 e. The lowest BCUT2D eigenvalue weighted by atomic mass is 9.99. The first kappa shape index (κ1) is 23.0. The molecule has 4 amide bonds. The van der Waals surface area contributed by atoms with Gasteiger partial charge in [-0.15, -0.1) is 0 Å². The maximum absolute atomic E-state index is 13.4. The quantitative estimate of drug-likeness (QED) is 0.301. The van der Waals surface area contributed by atoms with Crippen molar-refractivity contribution in [1.82, 2.24) is 5.32 Å². The number of barbiturate groups is 1. The minimum absolute atomic E-state index is 0.145. The molecule has 7 heteroatoms. The smallest absolute Gasteiger partial charge is 0.335 e. The van der Waals surface area contributed by atoms with E-state index in [1.807, 2.05) is 61.5 Å². The topological polar surface area (TPSA) is 75.7 Å². The molecular weight excluding hydrogens is 459 g/mol. The number of aryl methyl sites for hydroxylation is 1. The molecule has 0 radical (unpaired) electrons. The van der Waals surface area contributed by atoms with Crippen molar-refractivity contribution in [2.45, 2.75) is 13.5 Å². The molecule has 1 heterocycles. The summed E-state index contributed by atoms with van der Waals surface area (Å²) in [5.41, 5.74) is 2.52. The van der Waals surface area contributed by atoms with E-state index in [0.717, 1.165) is 38.9 Å². The fourth-order valence-electron chi connectivity index (χ4n) is 4.14. The van der Waals surface area contributed by atoms with Crippen LogP contribution >= 0.6 is 0 Å². The third-order valence-electron chi connectivity index (χ3n) is 5.88. The molecule has 0 unspecified atom stereocenters. The number of hydrogen-bond donors (Lipinski definition) is 1. The van der Waals surface area contributed by atoms with E-state index in [4.69, 9.17) is 4.74 Å². The number of nitrogens with zero attached hydrogens (tertiary/aromatic N) is 1. The van der Waals surface area contributed by atoms with Gasteiger partial charge in [-0.25, -0.2) is 14.1 Å². The second-order valence-electron chi connectivity index (χ2n) is 8.41. The highest BCUT2D eigenvalue weighted by atomic mass is 19.1. The van der Waals surface area contributed by atoms with Gasteiger partial charge in [-0.05, 0) is 59.7 Å². The molecule has 6 nitrogen and oxygen atoms in total. The monoisotopic (exact) mass is 480 g/mol.